The van der Waals surface area contributed by atoms with Crippen molar-refractivity contribution in [1.82, 2.24) is 0 Å². The predicted octanol–water partition coefficient (Wildman–Crippen LogP) is 9.87. The zero-order valence-corrected chi connectivity index (χ0v) is 40.1. The van der Waals surface area contributed by atoms with E-state index in [9.17, 15) is 13.2 Å². The number of ether oxygens (including phenoxy) is 4. The van der Waals surface area contributed by atoms with Crippen LogP contribution in [0.1, 0.15) is 99.8 Å². The van der Waals surface area contributed by atoms with Crippen LogP contribution in [0.25, 0.3) is 0 Å². The zero-order chi connectivity index (χ0) is 42.6. The molecule has 3 aliphatic heterocycles. The second-order valence-electron chi connectivity index (χ2n) is 20.1. The monoisotopic (exact) mass is 848 g/mol. The topological polar surface area (TPSA) is 107 Å². The van der Waals surface area contributed by atoms with Crippen LogP contribution in [-0.4, -0.2) is 99.6 Å². The van der Waals surface area contributed by atoms with Crippen molar-refractivity contribution in [2.75, 3.05) is 19.5 Å². The molecule has 12 heteroatoms. The average molecular weight is 849 g/mol. The van der Waals surface area contributed by atoms with E-state index in [4.69, 9.17) is 27.8 Å². The highest BCUT2D eigenvalue weighted by molar-refractivity contribution is 7.91. The quantitative estimate of drug-likeness (QED) is 0.0764. The summed E-state index contributed by atoms with van der Waals surface area (Å²) < 4.78 is 68.5. The summed E-state index contributed by atoms with van der Waals surface area (Å²) in [5.74, 6) is -0.348. The minimum atomic E-state index is -3.68. The number of carbonyl (C=O) groups is 1. The van der Waals surface area contributed by atoms with E-state index in [0.717, 1.165) is 49.5 Å². The number of hydrogen-bond acceptors (Lipinski definition) is 9. The van der Waals surface area contributed by atoms with E-state index in [-0.39, 0.29) is 52.3 Å². The molecule has 0 radical (unpaired) electrons. The lowest BCUT2D eigenvalue weighted by Crippen LogP contribution is -2.49. The molecular formula is C45H76O9SSi2. The second kappa shape index (κ2) is 19.5. The summed E-state index contributed by atoms with van der Waals surface area (Å²) in [4.78, 5) is 11.2. The summed E-state index contributed by atoms with van der Waals surface area (Å²) in [7, 11) is -6.37. The fraction of sp³-hybridized carbons (Fsp3) is 0.756. The van der Waals surface area contributed by atoms with Crippen LogP contribution in [-0.2, 0) is 42.4 Å². The molecular weight excluding hydrogens is 773 g/mol. The first kappa shape index (κ1) is 48.2. The molecule has 0 bridgehead atoms. The first-order valence-electron chi connectivity index (χ1n) is 21.3. The Morgan fingerprint density at radius 2 is 1.51 bits per heavy atom. The molecule has 3 heterocycles. The van der Waals surface area contributed by atoms with E-state index in [1.54, 1.807) is 31.4 Å². The van der Waals surface area contributed by atoms with Crippen LogP contribution in [0, 0.1) is 11.8 Å². The molecule has 0 spiro atoms. The molecule has 0 amide bonds. The Balaban J connectivity index is 1.60. The number of sulfone groups is 1. The van der Waals surface area contributed by atoms with Gasteiger partial charge in [0.1, 0.15) is 6.29 Å². The standard InChI is InChI=1S/C45H76O9SSi2/c1-31-25-35(22-23-39-32(2)26-34(51-39)19-18-24-46)52-40(33(31)3)28-41-38(30-55(47,48)37-20-16-15-17-21-37)43(49-10)42(53-41)27-36(54-57(13,14)45(7,8)9)29-50-56(11,12)44(4,5)6/h15-17,20-21,24,31,34-36,38-43H,2-3,18-19,22-23,25-30H2,1,4-14H3/t31-,34?,35+,36+,38?,39?,40?,41?,42?,43-/m1/s1. The maximum Gasteiger partial charge on any atom is 0.192 e. The Morgan fingerprint density at radius 1 is 0.877 bits per heavy atom. The van der Waals surface area contributed by atoms with Gasteiger partial charge < -0.3 is 32.6 Å². The van der Waals surface area contributed by atoms with Crippen molar-refractivity contribution in [3.8, 4) is 0 Å². The van der Waals surface area contributed by atoms with E-state index in [2.05, 4.69) is 87.8 Å². The highest BCUT2D eigenvalue weighted by Gasteiger charge is 2.50. The van der Waals surface area contributed by atoms with Crippen molar-refractivity contribution in [2.24, 2.45) is 11.8 Å². The van der Waals surface area contributed by atoms with E-state index < -0.39 is 50.7 Å². The molecule has 1 aromatic rings. The first-order valence-corrected chi connectivity index (χ1v) is 28.7. The van der Waals surface area contributed by atoms with Crippen molar-refractivity contribution in [1.29, 1.82) is 0 Å². The van der Waals surface area contributed by atoms with E-state index in [1.807, 2.05) is 6.07 Å². The average Bonchev–Trinajstić information content (AvgIpc) is 3.63. The van der Waals surface area contributed by atoms with E-state index in [1.165, 1.54) is 0 Å². The van der Waals surface area contributed by atoms with Gasteiger partial charge in [-0.2, -0.15) is 0 Å². The fourth-order valence-corrected chi connectivity index (χ4v) is 12.1. The Labute approximate surface area is 348 Å². The van der Waals surface area contributed by atoms with Crippen LogP contribution < -0.4 is 0 Å². The molecule has 1 aromatic carbocycles. The van der Waals surface area contributed by atoms with Crippen LogP contribution in [0.2, 0.25) is 36.3 Å². The molecule has 0 aliphatic carbocycles. The molecule has 324 valence electrons. The Morgan fingerprint density at radius 3 is 2.11 bits per heavy atom. The number of carbonyl (C=O) groups excluding carboxylic acids is 1. The highest BCUT2D eigenvalue weighted by atomic mass is 32.2. The van der Waals surface area contributed by atoms with Crippen molar-refractivity contribution in [3.63, 3.8) is 0 Å². The summed E-state index contributed by atoms with van der Waals surface area (Å²) in [5, 5.41) is 0.0137. The zero-order valence-electron chi connectivity index (χ0n) is 37.3. The lowest BCUT2D eigenvalue weighted by atomic mass is 9.83. The van der Waals surface area contributed by atoms with Gasteiger partial charge >= 0.3 is 0 Å². The molecule has 10 atom stereocenters. The SMILES string of the molecule is C=C1CC(CCC=O)OC1CC[C@H]1C[C@@H](C)C(=C)C(CC2OC(C[C@@H](CO[Si](C)(C)C(C)(C)C)O[Si](C)(C)C(C)(C)C)[C@H](OC)C2CS(=O)(=O)c2ccccc2)O1. The largest absolute Gasteiger partial charge is 0.414 e. The van der Waals surface area contributed by atoms with Crippen molar-refractivity contribution >= 4 is 32.8 Å². The van der Waals surface area contributed by atoms with Crippen molar-refractivity contribution < 1.29 is 41.0 Å². The van der Waals surface area contributed by atoms with E-state index in [0.29, 0.717) is 30.8 Å². The Bertz CT molecular complexity index is 1600. The van der Waals surface area contributed by atoms with Crippen molar-refractivity contribution in [3.05, 3.63) is 54.6 Å². The van der Waals surface area contributed by atoms with Gasteiger partial charge in [0.15, 0.2) is 26.5 Å². The van der Waals surface area contributed by atoms with Gasteiger partial charge in [-0.15, -0.1) is 0 Å². The molecule has 0 N–H and O–H groups in total. The molecule has 0 saturated carbocycles. The summed E-state index contributed by atoms with van der Waals surface area (Å²) in [6.45, 7) is 33.9. The Hall–Kier alpha value is -1.49. The van der Waals surface area contributed by atoms with Gasteiger partial charge in [-0.1, -0.05) is 79.8 Å². The van der Waals surface area contributed by atoms with Gasteiger partial charge in [-0.05, 0) is 97.6 Å². The molecule has 57 heavy (non-hydrogen) atoms. The van der Waals surface area contributed by atoms with E-state index >= 15 is 0 Å². The molecule has 3 fully saturated rings. The van der Waals surface area contributed by atoms with Gasteiger partial charge in [0, 0.05) is 32.3 Å². The lowest BCUT2D eigenvalue weighted by Gasteiger charge is -2.42. The maximum absolute atomic E-state index is 14.1. The first-order chi connectivity index (χ1) is 26.4. The number of rotatable bonds is 19. The third-order valence-corrected chi connectivity index (χ3v) is 24.6. The third-order valence-electron chi connectivity index (χ3n) is 13.7. The van der Waals surface area contributed by atoms with Crippen LogP contribution in [0.15, 0.2) is 59.5 Å². The summed E-state index contributed by atoms with van der Waals surface area (Å²) >= 11 is 0. The van der Waals surface area contributed by atoms with Gasteiger partial charge in [0.25, 0.3) is 0 Å². The summed E-state index contributed by atoms with van der Waals surface area (Å²) in [6.07, 6.45) is 4.44. The normalized spacial score (nSPS) is 29.9. The minimum Gasteiger partial charge on any atom is -0.414 e. The third kappa shape index (κ3) is 12.5. The number of hydrogen-bond donors (Lipinski definition) is 0. The maximum atomic E-state index is 14.1. The van der Waals surface area contributed by atoms with Gasteiger partial charge in [0.2, 0.25) is 0 Å². The molecule has 3 saturated heterocycles. The summed E-state index contributed by atoms with van der Waals surface area (Å²) in [6, 6.07) is 8.66. The predicted molar refractivity (Wildman–Crippen MR) is 234 cm³/mol. The smallest absolute Gasteiger partial charge is 0.192 e. The van der Waals surface area contributed by atoms with Gasteiger partial charge in [0.05, 0.1) is 66.1 Å². The number of aldehydes is 1. The minimum absolute atomic E-state index is 0.0160. The summed E-state index contributed by atoms with van der Waals surface area (Å²) in [5.41, 5.74) is 2.09. The van der Waals surface area contributed by atoms with Gasteiger partial charge in [-0.3, -0.25) is 0 Å². The van der Waals surface area contributed by atoms with Crippen LogP contribution in [0.4, 0.5) is 0 Å². The number of benzene rings is 1. The molecule has 0 aromatic heterocycles. The van der Waals surface area contributed by atoms with Crippen LogP contribution in [0.3, 0.4) is 0 Å². The lowest BCUT2D eigenvalue weighted by molar-refractivity contribution is -0.108. The van der Waals surface area contributed by atoms with Crippen LogP contribution >= 0.6 is 0 Å². The molecule has 3 aliphatic rings. The van der Waals surface area contributed by atoms with Gasteiger partial charge in [-0.25, -0.2) is 8.42 Å². The highest BCUT2D eigenvalue weighted by Crippen LogP contribution is 2.44. The second-order valence-corrected chi connectivity index (χ2v) is 31.7. The Kier molecular flexibility index (Phi) is 16.5. The molecule has 9 nitrogen and oxygen atoms in total. The number of methoxy groups -OCH3 is 1. The van der Waals surface area contributed by atoms with Crippen molar-refractivity contribution in [2.45, 2.75) is 190 Å². The fourth-order valence-electron chi connectivity index (χ4n) is 8.01. The molecule has 6 unspecified atom stereocenters. The molecule has 4 rings (SSSR count). The van der Waals surface area contributed by atoms with Crippen LogP contribution in [0.5, 0.6) is 0 Å².